The Balaban J connectivity index is 1.42. The Hall–Kier alpha value is -3.62. The molecule has 0 saturated carbocycles. The molecule has 1 aliphatic rings. The summed E-state index contributed by atoms with van der Waals surface area (Å²) in [6, 6.07) is 14.7. The zero-order chi connectivity index (χ0) is 22.3. The molecule has 3 aromatic rings. The van der Waals surface area contributed by atoms with E-state index in [0.717, 1.165) is 42.3 Å². The molecule has 0 bridgehead atoms. The molecule has 0 saturated heterocycles. The van der Waals surface area contributed by atoms with Crippen LogP contribution in [-0.4, -0.2) is 17.7 Å². The fraction of sp³-hybridized carbons (Fsp3) is 0.167. The highest BCUT2D eigenvalue weighted by Crippen LogP contribution is 2.30. The quantitative estimate of drug-likeness (QED) is 0.206. The number of nitrogens with zero attached hydrogens (tertiary/aromatic N) is 2. The summed E-state index contributed by atoms with van der Waals surface area (Å²) >= 11 is 1.75. The number of benzene rings is 2. The van der Waals surface area contributed by atoms with Crippen molar-refractivity contribution in [3.8, 4) is 0 Å². The summed E-state index contributed by atoms with van der Waals surface area (Å²) in [4.78, 5) is 8.28. The molecule has 2 heterocycles. The van der Waals surface area contributed by atoms with Crippen molar-refractivity contribution in [1.82, 2.24) is 10.4 Å². The molecular formula is C24H27N7S. The topological polar surface area (TPSA) is 116 Å². The van der Waals surface area contributed by atoms with Gasteiger partial charge in [0.15, 0.2) is 5.13 Å². The highest BCUT2D eigenvalue weighted by molar-refractivity contribution is 7.15. The Morgan fingerprint density at radius 2 is 2.03 bits per heavy atom. The van der Waals surface area contributed by atoms with Crippen molar-refractivity contribution in [1.29, 1.82) is 5.41 Å². The molecule has 0 spiro atoms. The summed E-state index contributed by atoms with van der Waals surface area (Å²) in [5, 5.41) is 11.2. The van der Waals surface area contributed by atoms with Crippen molar-refractivity contribution in [3.05, 3.63) is 94.3 Å². The van der Waals surface area contributed by atoms with Crippen LogP contribution in [0.3, 0.4) is 0 Å². The van der Waals surface area contributed by atoms with Crippen LogP contribution in [0.25, 0.3) is 5.70 Å². The number of fused-ring (bicyclic) bond motifs is 1. The standard InChI is InChI=1S/C24H27N7S/c25-9-1-10-28-21-6-2-17(3-7-21)12-22-14-29-24(32-22)31-11-8-18-4-5-19(13-20(18)16-31)23(26)15-30-27/h1-7,9-10,13-15,25,28,30H,8,11-12,16,26-27H2/b10-1-,23-15-,25-9?. The lowest BCUT2D eigenvalue weighted by Crippen LogP contribution is -2.30. The van der Waals surface area contributed by atoms with E-state index in [2.05, 4.69) is 39.9 Å². The summed E-state index contributed by atoms with van der Waals surface area (Å²) in [7, 11) is 0. The molecule has 32 heavy (non-hydrogen) atoms. The normalized spacial score (nSPS) is 13.8. The van der Waals surface area contributed by atoms with Gasteiger partial charge in [-0.05, 0) is 52.9 Å². The van der Waals surface area contributed by atoms with E-state index in [0.29, 0.717) is 5.70 Å². The second kappa shape index (κ2) is 10.1. The maximum Gasteiger partial charge on any atom is 0.185 e. The van der Waals surface area contributed by atoms with Crippen LogP contribution in [0.5, 0.6) is 0 Å². The average molecular weight is 446 g/mol. The van der Waals surface area contributed by atoms with Crippen molar-refractivity contribution < 1.29 is 0 Å². The van der Waals surface area contributed by atoms with Gasteiger partial charge in [0, 0.05) is 54.9 Å². The fourth-order valence-electron chi connectivity index (χ4n) is 3.71. The minimum atomic E-state index is 0.621. The highest BCUT2D eigenvalue weighted by Gasteiger charge is 2.19. The number of aromatic nitrogens is 1. The van der Waals surface area contributed by atoms with Crippen LogP contribution in [0, 0.1) is 5.41 Å². The molecule has 1 aromatic heterocycles. The largest absolute Gasteiger partial charge is 0.397 e. The highest BCUT2D eigenvalue weighted by atomic mass is 32.1. The number of hydrazine groups is 1. The second-order valence-corrected chi connectivity index (χ2v) is 8.67. The zero-order valence-corrected chi connectivity index (χ0v) is 18.5. The third-order valence-corrected chi connectivity index (χ3v) is 6.44. The van der Waals surface area contributed by atoms with Gasteiger partial charge in [0.1, 0.15) is 0 Å². The molecule has 0 amide bonds. The first-order chi connectivity index (χ1) is 15.7. The zero-order valence-electron chi connectivity index (χ0n) is 17.7. The van der Waals surface area contributed by atoms with Crippen molar-refractivity contribution in [2.75, 3.05) is 16.8 Å². The van der Waals surface area contributed by atoms with Crippen LogP contribution in [0.15, 0.2) is 67.1 Å². The number of hydrogen-bond acceptors (Lipinski definition) is 8. The Morgan fingerprint density at radius 3 is 2.81 bits per heavy atom. The Labute approximate surface area is 191 Å². The van der Waals surface area contributed by atoms with Crippen molar-refractivity contribution in [3.63, 3.8) is 0 Å². The fourth-order valence-corrected chi connectivity index (χ4v) is 4.68. The Bertz CT molecular complexity index is 1130. The molecule has 1 aliphatic heterocycles. The maximum absolute atomic E-state index is 7.01. The van der Waals surface area contributed by atoms with Gasteiger partial charge >= 0.3 is 0 Å². The van der Waals surface area contributed by atoms with E-state index in [4.69, 9.17) is 22.0 Å². The van der Waals surface area contributed by atoms with E-state index in [1.165, 1.54) is 27.8 Å². The molecule has 8 heteroatoms. The number of thiazole rings is 1. The number of rotatable bonds is 8. The van der Waals surface area contributed by atoms with Crippen molar-refractivity contribution in [2.24, 2.45) is 11.6 Å². The van der Waals surface area contributed by atoms with Crippen LogP contribution in [0.1, 0.15) is 27.1 Å². The third kappa shape index (κ3) is 5.16. The first-order valence-electron chi connectivity index (χ1n) is 10.4. The third-order valence-electron chi connectivity index (χ3n) is 5.38. The van der Waals surface area contributed by atoms with E-state index >= 15 is 0 Å². The van der Waals surface area contributed by atoms with Gasteiger partial charge in [-0.25, -0.2) is 4.98 Å². The predicted molar refractivity (Wildman–Crippen MR) is 134 cm³/mol. The van der Waals surface area contributed by atoms with Gasteiger partial charge in [-0.2, -0.15) is 0 Å². The molecule has 164 valence electrons. The molecule has 4 rings (SSSR count). The minimum absolute atomic E-state index is 0.621. The molecule has 0 unspecified atom stereocenters. The van der Waals surface area contributed by atoms with Gasteiger partial charge in [-0.3, -0.25) is 5.84 Å². The van der Waals surface area contributed by atoms with Gasteiger partial charge in [0.25, 0.3) is 0 Å². The van der Waals surface area contributed by atoms with Crippen LogP contribution in [-0.2, 0) is 19.4 Å². The van der Waals surface area contributed by atoms with Gasteiger partial charge in [0.05, 0.1) is 5.70 Å². The Morgan fingerprint density at radius 1 is 1.19 bits per heavy atom. The van der Waals surface area contributed by atoms with Crippen LogP contribution in [0.2, 0.25) is 0 Å². The van der Waals surface area contributed by atoms with E-state index in [1.807, 2.05) is 24.4 Å². The smallest absolute Gasteiger partial charge is 0.185 e. The molecule has 0 atom stereocenters. The maximum atomic E-state index is 7.01. The molecule has 7 nitrogen and oxygen atoms in total. The molecule has 0 radical (unpaired) electrons. The predicted octanol–water partition coefficient (Wildman–Crippen LogP) is 3.59. The summed E-state index contributed by atoms with van der Waals surface area (Å²) in [6.07, 6.45) is 10.1. The molecule has 2 aromatic carbocycles. The molecular weight excluding hydrogens is 418 g/mol. The monoisotopic (exact) mass is 445 g/mol. The Kier molecular flexibility index (Phi) is 6.84. The van der Waals surface area contributed by atoms with Crippen molar-refractivity contribution in [2.45, 2.75) is 19.4 Å². The lowest BCUT2D eigenvalue weighted by molar-refractivity contribution is 0.728. The summed E-state index contributed by atoms with van der Waals surface area (Å²) in [5.74, 6) is 5.36. The van der Waals surface area contributed by atoms with E-state index in [-0.39, 0.29) is 0 Å². The molecule has 7 N–H and O–H groups in total. The van der Waals surface area contributed by atoms with E-state index in [1.54, 1.807) is 29.8 Å². The number of hydrogen-bond donors (Lipinski definition) is 5. The number of nitrogens with two attached hydrogens (primary N) is 2. The van der Waals surface area contributed by atoms with Crippen LogP contribution < -0.4 is 27.2 Å². The van der Waals surface area contributed by atoms with Gasteiger partial charge in [-0.15, -0.1) is 11.3 Å². The van der Waals surface area contributed by atoms with Gasteiger partial charge in [0.2, 0.25) is 0 Å². The molecule has 0 fully saturated rings. The van der Waals surface area contributed by atoms with Crippen molar-refractivity contribution >= 4 is 34.1 Å². The van der Waals surface area contributed by atoms with Crippen LogP contribution >= 0.6 is 11.3 Å². The second-order valence-electron chi connectivity index (χ2n) is 7.57. The van der Waals surface area contributed by atoms with E-state index < -0.39 is 0 Å². The number of allylic oxidation sites excluding steroid dienone is 1. The average Bonchev–Trinajstić information content (AvgIpc) is 3.28. The van der Waals surface area contributed by atoms with Gasteiger partial charge < -0.3 is 26.8 Å². The summed E-state index contributed by atoms with van der Waals surface area (Å²) in [6.45, 7) is 1.78. The van der Waals surface area contributed by atoms with Gasteiger partial charge in [-0.1, -0.05) is 24.3 Å². The minimum Gasteiger partial charge on any atom is -0.397 e. The lowest BCUT2D eigenvalue weighted by atomic mass is 9.97. The number of anilines is 2. The van der Waals surface area contributed by atoms with E-state index in [9.17, 15) is 0 Å². The molecule has 0 aliphatic carbocycles. The number of nitrogens with one attached hydrogen (secondary N) is 3. The lowest BCUT2D eigenvalue weighted by Gasteiger charge is -2.29. The SMILES string of the molecule is N=C/C=C\Nc1ccc(Cc2cnc(N3CCc4ccc(/C(N)=C/NN)cc4C3)s2)cc1. The van der Waals surface area contributed by atoms with Crippen LogP contribution in [0.4, 0.5) is 10.8 Å². The summed E-state index contributed by atoms with van der Waals surface area (Å²) in [5.41, 5.74) is 15.0. The summed E-state index contributed by atoms with van der Waals surface area (Å²) < 4.78 is 0. The first-order valence-corrected chi connectivity index (χ1v) is 11.2. The first kappa shape index (κ1) is 21.6.